The second-order valence-electron chi connectivity index (χ2n) is 5.36. The Bertz CT molecular complexity index is 791. The third-order valence-electron chi connectivity index (χ3n) is 3.45. The van der Waals surface area contributed by atoms with Gasteiger partial charge in [-0.3, -0.25) is 4.57 Å². The molecule has 0 spiro atoms. The molecule has 3 rings (SSSR count). The molecule has 0 radical (unpaired) electrons. The van der Waals surface area contributed by atoms with Gasteiger partial charge in [-0.2, -0.15) is 0 Å². The van der Waals surface area contributed by atoms with Crippen molar-refractivity contribution in [2.75, 3.05) is 14.1 Å². The van der Waals surface area contributed by atoms with Crippen molar-refractivity contribution >= 4 is 0 Å². The van der Waals surface area contributed by atoms with E-state index >= 15 is 0 Å². The van der Waals surface area contributed by atoms with Crippen LogP contribution in [0, 0.1) is 0 Å². The fourth-order valence-electron chi connectivity index (χ4n) is 2.39. The summed E-state index contributed by atoms with van der Waals surface area (Å²) in [7, 11) is 3.75. The molecule has 0 fully saturated rings. The van der Waals surface area contributed by atoms with Crippen molar-refractivity contribution in [3.8, 4) is 11.4 Å². The molecule has 5 heteroatoms. The van der Waals surface area contributed by atoms with E-state index in [9.17, 15) is 4.79 Å². The van der Waals surface area contributed by atoms with E-state index in [1.165, 1.54) is 4.68 Å². The minimum atomic E-state index is -0.0693. The van der Waals surface area contributed by atoms with Gasteiger partial charge in [0, 0.05) is 12.1 Å². The number of nitrogens with zero attached hydrogens (tertiary/aromatic N) is 3. The average molecular weight is 324 g/mol. The number of hydrogen-bond acceptors (Lipinski definition) is 3. The average Bonchev–Trinajstić information content (AvgIpc) is 2.93. The minimum Gasteiger partial charge on any atom is -0.323 e. The molecule has 0 unspecified atom stereocenters. The zero-order valence-electron chi connectivity index (χ0n) is 14.4. The van der Waals surface area contributed by atoms with Gasteiger partial charge in [0.15, 0.2) is 5.82 Å². The first-order valence-corrected chi connectivity index (χ1v) is 8.06. The van der Waals surface area contributed by atoms with Crippen LogP contribution in [-0.4, -0.2) is 28.4 Å². The molecular formula is C19H24N4O. The van der Waals surface area contributed by atoms with E-state index in [0.29, 0.717) is 13.1 Å². The zero-order chi connectivity index (χ0) is 17.4. The van der Waals surface area contributed by atoms with Crippen molar-refractivity contribution in [2.45, 2.75) is 20.0 Å². The maximum absolute atomic E-state index is 12.5. The van der Waals surface area contributed by atoms with Gasteiger partial charge in [0.2, 0.25) is 0 Å². The molecule has 0 aliphatic carbocycles. The molecule has 0 amide bonds. The molecule has 0 atom stereocenters. The Morgan fingerprint density at radius 2 is 1.50 bits per heavy atom. The van der Waals surface area contributed by atoms with E-state index in [4.69, 9.17) is 0 Å². The standard InChI is InChI=1S/C17H17N3O.C2H7N/c1-2-19-16(15-11-7-4-8-12-15)18-20(17(19)21)13-14-9-5-3-6-10-14;1-3-2/h3-12H,2,13H2,1H3;3H,1-2H3. The van der Waals surface area contributed by atoms with Crippen LogP contribution in [-0.2, 0) is 13.1 Å². The first-order chi connectivity index (χ1) is 11.7. The summed E-state index contributed by atoms with van der Waals surface area (Å²) in [6, 6.07) is 19.7. The van der Waals surface area contributed by atoms with Crippen LogP contribution in [0.25, 0.3) is 11.4 Å². The largest absolute Gasteiger partial charge is 0.346 e. The zero-order valence-corrected chi connectivity index (χ0v) is 14.4. The van der Waals surface area contributed by atoms with Crippen molar-refractivity contribution in [3.63, 3.8) is 0 Å². The molecule has 0 aliphatic heterocycles. The van der Waals surface area contributed by atoms with E-state index in [1.807, 2.05) is 81.7 Å². The summed E-state index contributed by atoms with van der Waals surface area (Å²) in [6.07, 6.45) is 0. The lowest BCUT2D eigenvalue weighted by molar-refractivity contribution is 0.631. The lowest BCUT2D eigenvalue weighted by Gasteiger charge is -2.00. The molecule has 24 heavy (non-hydrogen) atoms. The van der Waals surface area contributed by atoms with Gasteiger partial charge in [0.05, 0.1) is 6.54 Å². The van der Waals surface area contributed by atoms with Gasteiger partial charge < -0.3 is 5.32 Å². The maximum Gasteiger partial charge on any atom is 0.346 e. The van der Waals surface area contributed by atoms with Crippen molar-refractivity contribution < 1.29 is 0 Å². The van der Waals surface area contributed by atoms with Gasteiger partial charge in [-0.1, -0.05) is 60.7 Å². The van der Waals surface area contributed by atoms with E-state index in [0.717, 1.165) is 17.0 Å². The Morgan fingerprint density at radius 1 is 0.958 bits per heavy atom. The first kappa shape index (κ1) is 17.7. The Kier molecular flexibility index (Phi) is 6.51. The Balaban J connectivity index is 0.000000647. The SMILES string of the molecule is CCn1c(-c2ccccc2)nn(Cc2ccccc2)c1=O.CNC. The highest BCUT2D eigenvalue weighted by atomic mass is 16.2. The normalized spacial score (nSPS) is 10.1. The summed E-state index contributed by atoms with van der Waals surface area (Å²) in [5.74, 6) is 0.721. The van der Waals surface area contributed by atoms with E-state index in [-0.39, 0.29) is 5.69 Å². The van der Waals surface area contributed by atoms with Crippen LogP contribution in [0.4, 0.5) is 0 Å². The summed E-state index contributed by atoms with van der Waals surface area (Å²) in [5.41, 5.74) is 1.96. The molecule has 1 heterocycles. The van der Waals surface area contributed by atoms with Gasteiger partial charge in [0.1, 0.15) is 0 Å². The summed E-state index contributed by atoms with van der Waals surface area (Å²) in [4.78, 5) is 12.5. The molecule has 3 aromatic rings. The second kappa shape index (κ2) is 8.84. The molecular weight excluding hydrogens is 300 g/mol. The lowest BCUT2D eigenvalue weighted by Crippen LogP contribution is -2.25. The summed E-state index contributed by atoms with van der Waals surface area (Å²) >= 11 is 0. The minimum absolute atomic E-state index is 0.0693. The third kappa shape index (κ3) is 4.20. The smallest absolute Gasteiger partial charge is 0.323 e. The Hall–Kier alpha value is -2.66. The molecule has 1 N–H and O–H groups in total. The Labute approximate surface area is 142 Å². The summed E-state index contributed by atoms with van der Waals surface area (Å²) < 4.78 is 3.24. The lowest BCUT2D eigenvalue weighted by atomic mass is 10.2. The molecule has 5 nitrogen and oxygen atoms in total. The molecule has 126 valence electrons. The van der Waals surface area contributed by atoms with Crippen LogP contribution >= 0.6 is 0 Å². The van der Waals surface area contributed by atoms with E-state index < -0.39 is 0 Å². The monoisotopic (exact) mass is 324 g/mol. The van der Waals surface area contributed by atoms with Crippen LogP contribution in [0.1, 0.15) is 12.5 Å². The highest BCUT2D eigenvalue weighted by molar-refractivity contribution is 5.54. The van der Waals surface area contributed by atoms with Gasteiger partial charge >= 0.3 is 5.69 Å². The molecule has 0 bridgehead atoms. The highest BCUT2D eigenvalue weighted by Crippen LogP contribution is 2.15. The van der Waals surface area contributed by atoms with Gasteiger partial charge in [-0.05, 0) is 26.6 Å². The third-order valence-corrected chi connectivity index (χ3v) is 3.45. The van der Waals surface area contributed by atoms with Gasteiger partial charge in [0.25, 0.3) is 0 Å². The first-order valence-electron chi connectivity index (χ1n) is 8.06. The number of rotatable bonds is 4. The second-order valence-corrected chi connectivity index (χ2v) is 5.36. The van der Waals surface area contributed by atoms with E-state index in [2.05, 4.69) is 10.4 Å². The Morgan fingerprint density at radius 3 is 2.04 bits per heavy atom. The molecule has 0 aliphatic rings. The maximum atomic E-state index is 12.5. The molecule has 0 saturated carbocycles. The number of aromatic nitrogens is 3. The quantitative estimate of drug-likeness (QED) is 0.802. The van der Waals surface area contributed by atoms with Crippen molar-refractivity contribution in [1.29, 1.82) is 0 Å². The van der Waals surface area contributed by atoms with Crippen molar-refractivity contribution in [2.24, 2.45) is 0 Å². The van der Waals surface area contributed by atoms with Crippen LogP contribution in [0.15, 0.2) is 65.5 Å². The van der Waals surface area contributed by atoms with Gasteiger partial charge in [-0.25, -0.2) is 9.48 Å². The topological polar surface area (TPSA) is 51.9 Å². The summed E-state index contributed by atoms with van der Waals surface area (Å²) in [6.45, 7) is 3.06. The fourth-order valence-corrected chi connectivity index (χ4v) is 2.39. The number of benzene rings is 2. The van der Waals surface area contributed by atoms with Crippen LogP contribution in [0.2, 0.25) is 0 Å². The van der Waals surface area contributed by atoms with Gasteiger partial charge in [-0.15, -0.1) is 5.10 Å². The molecule has 1 aromatic heterocycles. The predicted molar refractivity (Wildman–Crippen MR) is 98.1 cm³/mol. The fraction of sp³-hybridized carbons (Fsp3) is 0.263. The van der Waals surface area contributed by atoms with Crippen LogP contribution in [0.3, 0.4) is 0 Å². The number of nitrogens with one attached hydrogen (secondary N) is 1. The van der Waals surface area contributed by atoms with E-state index in [1.54, 1.807) is 4.57 Å². The highest BCUT2D eigenvalue weighted by Gasteiger charge is 2.13. The van der Waals surface area contributed by atoms with Crippen molar-refractivity contribution in [3.05, 3.63) is 76.7 Å². The molecule has 2 aromatic carbocycles. The predicted octanol–water partition coefficient (Wildman–Crippen LogP) is 2.62. The number of hydrogen-bond donors (Lipinski definition) is 1. The van der Waals surface area contributed by atoms with Crippen LogP contribution < -0.4 is 11.0 Å². The molecule has 0 saturated heterocycles. The van der Waals surface area contributed by atoms with Crippen LogP contribution in [0.5, 0.6) is 0 Å². The van der Waals surface area contributed by atoms with Crippen molar-refractivity contribution in [1.82, 2.24) is 19.7 Å². The summed E-state index contributed by atoms with van der Waals surface area (Å²) in [5, 5.41) is 7.26.